The number of rotatable bonds is 4. The number of carbonyl (C=O) groups excluding carboxylic acids is 1. The van der Waals surface area contributed by atoms with Crippen LogP contribution in [0.25, 0.3) is 0 Å². The lowest BCUT2D eigenvalue weighted by molar-refractivity contribution is -0.384. The molecule has 1 N–H and O–H groups in total. The third-order valence-electron chi connectivity index (χ3n) is 3.12. The van der Waals surface area contributed by atoms with Crippen molar-refractivity contribution in [3.8, 4) is 5.75 Å². The van der Waals surface area contributed by atoms with Crippen LogP contribution in [0.3, 0.4) is 0 Å². The van der Waals surface area contributed by atoms with Gasteiger partial charge in [-0.15, -0.1) is 0 Å². The van der Waals surface area contributed by atoms with Crippen LogP contribution in [0.1, 0.15) is 15.9 Å². The Kier molecular flexibility index (Phi) is 4.72. The number of nitrogens with one attached hydrogen (secondary N) is 1. The predicted molar refractivity (Wildman–Crippen MR) is 79.0 cm³/mol. The maximum atomic E-state index is 13.0. The minimum absolute atomic E-state index is 0.0819. The minimum atomic E-state index is -4.71. The highest BCUT2D eigenvalue weighted by Crippen LogP contribution is 2.33. The second-order valence-electron chi connectivity index (χ2n) is 4.64. The van der Waals surface area contributed by atoms with Crippen LogP contribution in [0.5, 0.6) is 5.75 Å². The van der Waals surface area contributed by atoms with Gasteiger partial charge in [0.2, 0.25) is 0 Å². The Balaban J connectivity index is 2.41. The van der Waals surface area contributed by atoms with E-state index in [-0.39, 0.29) is 17.1 Å². The Morgan fingerprint density at radius 1 is 1.21 bits per heavy atom. The zero-order valence-corrected chi connectivity index (χ0v) is 12.3. The molecule has 0 spiro atoms. The predicted octanol–water partition coefficient (Wildman–Crippen LogP) is 3.87. The fourth-order valence-electron chi connectivity index (χ4n) is 2.03. The molecule has 0 atom stereocenters. The summed E-state index contributed by atoms with van der Waals surface area (Å²) in [5, 5.41) is 13.0. The summed E-state index contributed by atoms with van der Waals surface area (Å²) in [6.07, 6.45) is -4.71. The minimum Gasteiger partial charge on any atom is -0.495 e. The van der Waals surface area contributed by atoms with E-state index in [1.54, 1.807) is 0 Å². The fourth-order valence-corrected chi connectivity index (χ4v) is 2.03. The van der Waals surface area contributed by atoms with E-state index in [1.165, 1.54) is 19.2 Å². The molecule has 2 aromatic rings. The molecule has 2 rings (SSSR count). The van der Waals surface area contributed by atoms with Crippen LogP contribution in [0.4, 0.5) is 24.5 Å². The van der Waals surface area contributed by atoms with Crippen molar-refractivity contribution >= 4 is 17.3 Å². The van der Waals surface area contributed by atoms with Crippen molar-refractivity contribution in [1.29, 1.82) is 0 Å². The van der Waals surface area contributed by atoms with Crippen molar-refractivity contribution in [2.75, 3.05) is 12.4 Å². The fraction of sp³-hybridized carbons (Fsp3) is 0.133. The molecule has 6 nitrogen and oxygen atoms in total. The van der Waals surface area contributed by atoms with Gasteiger partial charge in [0.25, 0.3) is 11.6 Å². The lowest BCUT2D eigenvalue weighted by Gasteiger charge is -2.14. The molecule has 0 aliphatic rings. The van der Waals surface area contributed by atoms with Gasteiger partial charge >= 0.3 is 6.18 Å². The van der Waals surface area contributed by atoms with Gasteiger partial charge in [-0.05, 0) is 18.2 Å². The summed E-state index contributed by atoms with van der Waals surface area (Å²) in [6, 6.07) is 7.64. The molecule has 0 aliphatic carbocycles. The number of amides is 1. The van der Waals surface area contributed by atoms with Gasteiger partial charge in [0.1, 0.15) is 5.75 Å². The summed E-state index contributed by atoms with van der Waals surface area (Å²) in [5.74, 6) is -0.972. The van der Waals surface area contributed by atoms with Crippen molar-refractivity contribution in [3.63, 3.8) is 0 Å². The van der Waals surface area contributed by atoms with Crippen LogP contribution in [-0.2, 0) is 6.18 Å². The summed E-state index contributed by atoms with van der Waals surface area (Å²) < 4.78 is 43.9. The Hall–Kier alpha value is -3.10. The van der Waals surface area contributed by atoms with E-state index < -0.39 is 28.1 Å². The lowest BCUT2D eigenvalue weighted by atomic mass is 10.1. The van der Waals surface area contributed by atoms with E-state index in [4.69, 9.17) is 4.74 Å². The number of halogens is 3. The number of methoxy groups -OCH3 is 1. The molecule has 0 radical (unpaired) electrons. The normalized spacial score (nSPS) is 11.0. The molecule has 0 saturated carbocycles. The highest BCUT2D eigenvalue weighted by atomic mass is 19.4. The van der Waals surface area contributed by atoms with Gasteiger partial charge in [0, 0.05) is 12.1 Å². The van der Waals surface area contributed by atoms with Crippen molar-refractivity contribution < 1.29 is 27.6 Å². The van der Waals surface area contributed by atoms with Crippen molar-refractivity contribution in [2.24, 2.45) is 0 Å². The summed E-state index contributed by atoms with van der Waals surface area (Å²) >= 11 is 0. The first-order valence-corrected chi connectivity index (χ1v) is 6.54. The van der Waals surface area contributed by atoms with Crippen LogP contribution in [-0.4, -0.2) is 17.9 Å². The molecule has 0 fully saturated rings. The van der Waals surface area contributed by atoms with Crippen molar-refractivity contribution in [1.82, 2.24) is 0 Å². The Morgan fingerprint density at radius 3 is 2.46 bits per heavy atom. The molecule has 0 saturated heterocycles. The van der Waals surface area contributed by atoms with Gasteiger partial charge < -0.3 is 10.1 Å². The van der Waals surface area contributed by atoms with E-state index in [1.807, 2.05) is 0 Å². The number of nitro benzene ring substituents is 1. The first-order chi connectivity index (χ1) is 11.2. The molecule has 2 aromatic carbocycles. The van der Waals surface area contributed by atoms with Crippen molar-refractivity contribution in [3.05, 3.63) is 63.7 Å². The average Bonchev–Trinajstić information content (AvgIpc) is 2.53. The summed E-state index contributed by atoms with van der Waals surface area (Å²) in [4.78, 5) is 22.3. The van der Waals surface area contributed by atoms with Crippen LogP contribution in [0.15, 0.2) is 42.5 Å². The Bertz CT molecular complexity index is 791. The Morgan fingerprint density at radius 2 is 1.88 bits per heavy atom. The van der Waals surface area contributed by atoms with Gasteiger partial charge in [-0.2, -0.15) is 13.2 Å². The summed E-state index contributed by atoms with van der Waals surface area (Å²) in [5.41, 5.74) is -2.14. The van der Waals surface area contributed by atoms with E-state index in [0.29, 0.717) is 0 Å². The molecule has 24 heavy (non-hydrogen) atoms. The zero-order chi connectivity index (χ0) is 17.9. The molecule has 0 aliphatic heterocycles. The third kappa shape index (κ3) is 3.62. The Labute approximate surface area is 134 Å². The summed E-state index contributed by atoms with van der Waals surface area (Å²) in [7, 11) is 1.26. The average molecular weight is 340 g/mol. The van der Waals surface area contributed by atoms with E-state index >= 15 is 0 Å². The number of benzene rings is 2. The number of anilines is 1. The quantitative estimate of drug-likeness (QED) is 0.676. The molecule has 0 unspecified atom stereocenters. The molecule has 126 valence electrons. The maximum absolute atomic E-state index is 13.0. The van der Waals surface area contributed by atoms with E-state index in [2.05, 4.69) is 5.32 Å². The number of nitro groups is 1. The number of carbonyl (C=O) groups is 1. The highest BCUT2D eigenvalue weighted by molar-refractivity contribution is 6.06. The maximum Gasteiger partial charge on any atom is 0.417 e. The lowest BCUT2D eigenvalue weighted by Crippen LogP contribution is -2.19. The van der Waals surface area contributed by atoms with Gasteiger partial charge in [0.05, 0.1) is 28.8 Å². The number of alkyl halides is 3. The number of non-ortho nitro benzene ring substituents is 1. The smallest absolute Gasteiger partial charge is 0.417 e. The molecule has 0 bridgehead atoms. The molecular weight excluding hydrogens is 329 g/mol. The zero-order valence-electron chi connectivity index (χ0n) is 12.3. The third-order valence-corrected chi connectivity index (χ3v) is 3.12. The topological polar surface area (TPSA) is 81.5 Å². The van der Waals surface area contributed by atoms with Gasteiger partial charge in [-0.3, -0.25) is 14.9 Å². The first-order valence-electron chi connectivity index (χ1n) is 6.54. The monoisotopic (exact) mass is 340 g/mol. The second kappa shape index (κ2) is 6.57. The second-order valence-corrected chi connectivity index (χ2v) is 4.64. The van der Waals surface area contributed by atoms with Crippen LogP contribution in [0, 0.1) is 10.1 Å². The molecule has 0 heterocycles. The number of hydrogen-bond donors (Lipinski definition) is 1. The summed E-state index contributed by atoms with van der Waals surface area (Å²) in [6.45, 7) is 0. The molecule has 0 aromatic heterocycles. The number of hydrogen-bond acceptors (Lipinski definition) is 4. The van der Waals surface area contributed by atoms with Crippen LogP contribution >= 0.6 is 0 Å². The number of ether oxygens (including phenoxy) is 1. The molecular formula is C15H11F3N2O4. The van der Waals surface area contributed by atoms with E-state index in [9.17, 15) is 28.1 Å². The SMILES string of the molecule is COc1ccc([N+](=O)[O-])cc1NC(=O)c1ccccc1C(F)(F)F. The highest BCUT2D eigenvalue weighted by Gasteiger charge is 2.35. The standard InChI is InChI=1S/C15H11F3N2O4/c1-24-13-7-6-9(20(22)23)8-12(13)19-14(21)10-4-2-3-5-11(10)15(16,17)18/h2-8H,1H3,(H,19,21). The first kappa shape index (κ1) is 17.3. The van der Waals surface area contributed by atoms with Gasteiger partial charge in [0.15, 0.2) is 0 Å². The number of nitrogens with zero attached hydrogens (tertiary/aromatic N) is 1. The molecule has 1 amide bonds. The van der Waals surface area contributed by atoms with Gasteiger partial charge in [-0.1, -0.05) is 12.1 Å². The van der Waals surface area contributed by atoms with Crippen LogP contribution < -0.4 is 10.1 Å². The van der Waals surface area contributed by atoms with E-state index in [0.717, 1.165) is 30.3 Å². The van der Waals surface area contributed by atoms with Crippen molar-refractivity contribution in [2.45, 2.75) is 6.18 Å². The largest absolute Gasteiger partial charge is 0.495 e. The van der Waals surface area contributed by atoms with Crippen LogP contribution in [0.2, 0.25) is 0 Å². The van der Waals surface area contributed by atoms with Gasteiger partial charge in [-0.25, -0.2) is 0 Å². The molecule has 9 heteroatoms.